The lowest BCUT2D eigenvalue weighted by Gasteiger charge is -2.12. The molecule has 4 heteroatoms. The van der Waals surface area contributed by atoms with E-state index in [1.165, 1.54) is 4.90 Å². The number of amides is 2. The molecule has 1 saturated heterocycles. The quantitative estimate of drug-likeness (QED) is 0.714. The van der Waals surface area contributed by atoms with Crippen molar-refractivity contribution in [1.82, 2.24) is 4.90 Å². The molecule has 0 aromatic heterocycles. The smallest absolute Gasteiger partial charge is 0.268 e. The Balaban J connectivity index is 1.77. The van der Waals surface area contributed by atoms with E-state index in [0.29, 0.717) is 11.4 Å². The van der Waals surface area contributed by atoms with Gasteiger partial charge in [-0.05, 0) is 48.4 Å². The van der Waals surface area contributed by atoms with E-state index in [2.05, 4.69) is 0 Å². The standard InChI is InChI=1S/C21H19NO2S/c1-15-7-6-10-18(11-15)14-22-20(23)19(25-21(22)24)13-16(2)12-17-8-4-3-5-9-17/h3-13H,14H2,1-2H3/b16-12+,19-13+. The van der Waals surface area contributed by atoms with Crippen molar-refractivity contribution in [2.45, 2.75) is 20.4 Å². The first-order valence-electron chi connectivity index (χ1n) is 8.07. The second-order valence-electron chi connectivity index (χ2n) is 6.06. The average Bonchev–Trinajstić information content (AvgIpc) is 2.83. The van der Waals surface area contributed by atoms with Gasteiger partial charge in [0.05, 0.1) is 11.4 Å². The lowest BCUT2D eigenvalue weighted by atomic mass is 10.1. The Morgan fingerprint density at radius 1 is 1.08 bits per heavy atom. The summed E-state index contributed by atoms with van der Waals surface area (Å²) < 4.78 is 0. The fraction of sp³-hybridized carbons (Fsp3) is 0.143. The van der Waals surface area contributed by atoms with E-state index in [4.69, 9.17) is 0 Å². The monoisotopic (exact) mass is 349 g/mol. The summed E-state index contributed by atoms with van der Waals surface area (Å²) in [4.78, 5) is 26.6. The second-order valence-corrected chi connectivity index (χ2v) is 7.05. The van der Waals surface area contributed by atoms with Gasteiger partial charge in [0, 0.05) is 0 Å². The fourth-order valence-corrected chi connectivity index (χ4v) is 3.58. The third-order valence-corrected chi connectivity index (χ3v) is 4.76. The van der Waals surface area contributed by atoms with Gasteiger partial charge in [0.15, 0.2) is 0 Å². The van der Waals surface area contributed by atoms with Crippen LogP contribution in [-0.4, -0.2) is 16.0 Å². The van der Waals surface area contributed by atoms with E-state index >= 15 is 0 Å². The van der Waals surface area contributed by atoms with Gasteiger partial charge in [-0.25, -0.2) is 0 Å². The molecule has 0 N–H and O–H groups in total. The third-order valence-electron chi connectivity index (χ3n) is 3.85. The first kappa shape index (κ1) is 17.2. The van der Waals surface area contributed by atoms with Crippen LogP contribution in [0.4, 0.5) is 4.79 Å². The molecule has 2 amide bonds. The molecule has 0 aliphatic carbocycles. The highest BCUT2D eigenvalue weighted by atomic mass is 32.2. The number of thioether (sulfide) groups is 1. The van der Waals surface area contributed by atoms with E-state index in [0.717, 1.165) is 34.0 Å². The summed E-state index contributed by atoms with van der Waals surface area (Å²) in [6.45, 7) is 4.24. The van der Waals surface area contributed by atoms with Crippen LogP contribution >= 0.6 is 11.8 Å². The number of hydrogen-bond donors (Lipinski definition) is 0. The van der Waals surface area contributed by atoms with Gasteiger partial charge in [-0.15, -0.1) is 0 Å². The molecule has 0 spiro atoms. The summed E-state index contributed by atoms with van der Waals surface area (Å²) >= 11 is 1.00. The molecule has 1 aliphatic heterocycles. The molecule has 25 heavy (non-hydrogen) atoms. The summed E-state index contributed by atoms with van der Waals surface area (Å²) in [5.41, 5.74) is 4.07. The molecule has 1 heterocycles. The number of carbonyl (C=O) groups excluding carboxylic acids is 2. The van der Waals surface area contributed by atoms with Crippen LogP contribution in [0, 0.1) is 6.92 Å². The summed E-state index contributed by atoms with van der Waals surface area (Å²) in [6.07, 6.45) is 3.78. The first-order valence-corrected chi connectivity index (χ1v) is 8.89. The van der Waals surface area contributed by atoms with E-state index in [1.54, 1.807) is 6.08 Å². The molecule has 0 radical (unpaired) electrons. The van der Waals surface area contributed by atoms with Crippen LogP contribution < -0.4 is 0 Å². The lowest BCUT2D eigenvalue weighted by molar-refractivity contribution is -0.123. The fourth-order valence-electron chi connectivity index (χ4n) is 2.69. The predicted octanol–water partition coefficient (Wildman–Crippen LogP) is 5.18. The Morgan fingerprint density at radius 2 is 1.84 bits per heavy atom. The van der Waals surface area contributed by atoms with Gasteiger partial charge in [0.2, 0.25) is 0 Å². The second kappa shape index (κ2) is 7.53. The molecule has 0 bridgehead atoms. The summed E-state index contributed by atoms with van der Waals surface area (Å²) in [5.74, 6) is -0.225. The van der Waals surface area contributed by atoms with Crippen molar-refractivity contribution in [3.05, 3.63) is 87.8 Å². The van der Waals surface area contributed by atoms with Crippen molar-refractivity contribution >= 4 is 29.0 Å². The molecular formula is C21H19NO2S. The van der Waals surface area contributed by atoms with Crippen molar-refractivity contribution in [2.24, 2.45) is 0 Å². The van der Waals surface area contributed by atoms with E-state index in [9.17, 15) is 9.59 Å². The Labute approximate surface area is 152 Å². The molecule has 2 aromatic rings. The van der Waals surface area contributed by atoms with Crippen LogP contribution in [0.1, 0.15) is 23.6 Å². The number of allylic oxidation sites excluding steroid dienone is 2. The molecule has 0 atom stereocenters. The minimum absolute atomic E-state index is 0.217. The van der Waals surface area contributed by atoms with Crippen LogP contribution in [0.5, 0.6) is 0 Å². The Bertz CT molecular complexity index is 868. The number of hydrogen-bond acceptors (Lipinski definition) is 3. The predicted molar refractivity (Wildman–Crippen MR) is 103 cm³/mol. The van der Waals surface area contributed by atoms with Crippen molar-refractivity contribution in [3.8, 4) is 0 Å². The maximum absolute atomic E-state index is 12.6. The molecule has 0 saturated carbocycles. The number of nitrogens with zero attached hydrogens (tertiary/aromatic N) is 1. The van der Waals surface area contributed by atoms with Crippen molar-refractivity contribution in [1.29, 1.82) is 0 Å². The van der Waals surface area contributed by atoms with Crippen molar-refractivity contribution in [3.63, 3.8) is 0 Å². The number of benzene rings is 2. The van der Waals surface area contributed by atoms with Gasteiger partial charge in [-0.1, -0.05) is 66.2 Å². The van der Waals surface area contributed by atoms with Gasteiger partial charge >= 0.3 is 0 Å². The maximum atomic E-state index is 12.6. The molecule has 3 rings (SSSR count). The van der Waals surface area contributed by atoms with Crippen LogP contribution in [0.2, 0.25) is 0 Å². The third kappa shape index (κ3) is 4.28. The van der Waals surface area contributed by atoms with Gasteiger partial charge in [-0.2, -0.15) is 0 Å². The van der Waals surface area contributed by atoms with Crippen molar-refractivity contribution in [2.75, 3.05) is 0 Å². The van der Waals surface area contributed by atoms with E-state index in [-0.39, 0.29) is 11.1 Å². The van der Waals surface area contributed by atoms with Gasteiger partial charge in [0.1, 0.15) is 0 Å². The zero-order valence-electron chi connectivity index (χ0n) is 14.2. The number of aryl methyl sites for hydroxylation is 1. The number of imide groups is 1. The SMILES string of the molecule is CC(=C\c1ccccc1)/C=C1/SC(=O)N(Cc2cccc(C)c2)C1=O. The van der Waals surface area contributed by atoms with E-state index < -0.39 is 0 Å². The van der Waals surface area contributed by atoms with E-state index in [1.807, 2.05) is 74.5 Å². The van der Waals surface area contributed by atoms with Gasteiger partial charge in [0.25, 0.3) is 11.1 Å². The largest absolute Gasteiger partial charge is 0.293 e. The maximum Gasteiger partial charge on any atom is 0.293 e. The Hall–Kier alpha value is -2.59. The Kier molecular flexibility index (Phi) is 5.19. The highest BCUT2D eigenvalue weighted by Crippen LogP contribution is 2.32. The molecule has 3 nitrogen and oxygen atoms in total. The van der Waals surface area contributed by atoms with Crippen LogP contribution in [0.15, 0.2) is 71.2 Å². The molecule has 126 valence electrons. The average molecular weight is 349 g/mol. The first-order chi connectivity index (χ1) is 12.0. The van der Waals surface area contributed by atoms with Gasteiger partial charge < -0.3 is 0 Å². The number of rotatable bonds is 4. The van der Waals surface area contributed by atoms with Crippen molar-refractivity contribution < 1.29 is 9.59 Å². The van der Waals surface area contributed by atoms with Crippen LogP contribution in [-0.2, 0) is 11.3 Å². The van der Waals surface area contributed by atoms with Gasteiger partial charge in [-0.3, -0.25) is 14.5 Å². The summed E-state index contributed by atoms with van der Waals surface area (Å²) in [5, 5.41) is -0.217. The van der Waals surface area contributed by atoms with Crippen LogP contribution in [0.25, 0.3) is 6.08 Å². The molecule has 1 aliphatic rings. The topological polar surface area (TPSA) is 37.4 Å². The zero-order chi connectivity index (χ0) is 17.8. The highest BCUT2D eigenvalue weighted by Gasteiger charge is 2.34. The molecule has 0 unspecified atom stereocenters. The summed E-state index contributed by atoms with van der Waals surface area (Å²) in [6, 6.07) is 17.8. The van der Waals surface area contributed by atoms with Crippen LogP contribution in [0.3, 0.4) is 0 Å². The molecular weight excluding hydrogens is 330 g/mol. The summed E-state index contributed by atoms with van der Waals surface area (Å²) in [7, 11) is 0. The minimum atomic E-state index is -0.225. The highest BCUT2D eigenvalue weighted by molar-refractivity contribution is 8.18. The molecule has 1 fully saturated rings. The lowest BCUT2D eigenvalue weighted by Crippen LogP contribution is -2.27. The normalized spacial score (nSPS) is 16.8. The Morgan fingerprint density at radius 3 is 2.56 bits per heavy atom. The number of carbonyl (C=O) groups is 2. The molecule has 2 aromatic carbocycles. The zero-order valence-corrected chi connectivity index (χ0v) is 15.0. The minimum Gasteiger partial charge on any atom is -0.268 e.